The Kier molecular flexibility index (Phi) is 5.75. The summed E-state index contributed by atoms with van der Waals surface area (Å²) in [6, 6.07) is 3.72. The largest absolute Gasteiger partial charge is 0.397 e. The summed E-state index contributed by atoms with van der Waals surface area (Å²) < 4.78 is 0. The maximum absolute atomic E-state index is 5.88. The van der Waals surface area contributed by atoms with E-state index in [2.05, 4.69) is 35.3 Å². The summed E-state index contributed by atoms with van der Waals surface area (Å²) in [5.74, 6) is 5.61. The Morgan fingerprint density at radius 2 is 2.21 bits per heavy atom. The minimum absolute atomic E-state index is 0.391. The van der Waals surface area contributed by atoms with Crippen molar-refractivity contribution in [3.05, 3.63) is 41.9 Å². The lowest BCUT2D eigenvalue weighted by Gasteiger charge is -2.07. The van der Waals surface area contributed by atoms with Crippen LogP contribution in [-0.2, 0) is 0 Å². The first-order chi connectivity index (χ1) is 9.08. The third-order valence-corrected chi connectivity index (χ3v) is 2.35. The van der Waals surface area contributed by atoms with Crippen LogP contribution in [-0.4, -0.2) is 11.2 Å². The molecule has 0 unspecified atom stereocenters. The van der Waals surface area contributed by atoms with E-state index in [0.717, 1.165) is 17.0 Å². The van der Waals surface area contributed by atoms with Gasteiger partial charge in [-0.2, -0.15) is 0 Å². The second-order valence-corrected chi connectivity index (χ2v) is 4.38. The first kappa shape index (κ1) is 14.9. The summed E-state index contributed by atoms with van der Waals surface area (Å²) in [6.45, 7) is 6.08. The second kappa shape index (κ2) is 7.33. The normalized spacial score (nSPS) is 13.3. The Labute approximate surface area is 114 Å². The van der Waals surface area contributed by atoms with Gasteiger partial charge in [0.1, 0.15) is 0 Å². The van der Waals surface area contributed by atoms with E-state index in [1.807, 2.05) is 19.1 Å². The second-order valence-electron chi connectivity index (χ2n) is 4.38. The lowest BCUT2D eigenvalue weighted by molar-refractivity contribution is 0.831. The van der Waals surface area contributed by atoms with Gasteiger partial charge in [-0.05, 0) is 25.0 Å². The van der Waals surface area contributed by atoms with Crippen LogP contribution in [0.15, 0.2) is 35.6 Å². The highest BCUT2D eigenvalue weighted by atomic mass is 15.2. The van der Waals surface area contributed by atoms with Crippen LogP contribution in [0.4, 0.5) is 0 Å². The standard InChI is InChI=1S/C14H21N5/c1-4-17-13(7-10(2)3)14-8-11(5-6-18-14)12(15)9-19-16/h4-10,19H,15-16H2,1-3H3/b12-9-,13-7-,17-4-. The third-order valence-electron chi connectivity index (χ3n) is 2.35. The first-order valence-electron chi connectivity index (χ1n) is 6.17. The first-order valence-corrected chi connectivity index (χ1v) is 6.17. The predicted octanol–water partition coefficient (Wildman–Crippen LogP) is 1.89. The molecular weight excluding hydrogens is 238 g/mol. The van der Waals surface area contributed by atoms with Gasteiger partial charge in [-0.25, -0.2) is 0 Å². The molecular formula is C14H21N5. The molecule has 0 radical (unpaired) electrons. The van der Waals surface area contributed by atoms with Crippen molar-refractivity contribution in [2.75, 3.05) is 0 Å². The summed E-state index contributed by atoms with van der Waals surface area (Å²) in [7, 11) is 0. The fraction of sp³-hybridized carbons (Fsp3) is 0.286. The van der Waals surface area contributed by atoms with E-state index in [1.54, 1.807) is 12.4 Å². The maximum Gasteiger partial charge on any atom is 0.0889 e. The molecule has 1 aromatic rings. The molecule has 5 nitrogen and oxygen atoms in total. The number of hydrogen-bond acceptors (Lipinski definition) is 5. The van der Waals surface area contributed by atoms with Crippen molar-refractivity contribution in [1.82, 2.24) is 10.4 Å². The fourth-order valence-electron chi connectivity index (χ4n) is 1.57. The summed E-state index contributed by atoms with van der Waals surface area (Å²) >= 11 is 0. The molecule has 0 fully saturated rings. The molecule has 0 bridgehead atoms. The number of allylic oxidation sites excluding steroid dienone is 1. The van der Waals surface area contributed by atoms with E-state index in [1.165, 1.54) is 6.20 Å². The molecule has 0 amide bonds. The van der Waals surface area contributed by atoms with Crippen LogP contribution in [0.25, 0.3) is 11.4 Å². The van der Waals surface area contributed by atoms with Gasteiger partial charge in [-0.1, -0.05) is 19.9 Å². The predicted molar refractivity (Wildman–Crippen MR) is 80.7 cm³/mol. The van der Waals surface area contributed by atoms with Crippen molar-refractivity contribution >= 4 is 17.6 Å². The van der Waals surface area contributed by atoms with Crippen molar-refractivity contribution in [1.29, 1.82) is 0 Å². The van der Waals surface area contributed by atoms with Gasteiger partial charge in [0.25, 0.3) is 0 Å². The minimum Gasteiger partial charge on any atom is -0.397 e. The number of nitrogens with zero attached hydrogens (tertiary/aromatic N) is 2. The highest BCUT2D eigenvalue weighted by molar-refractivity contribution is 5.73. The van der Waals surface area contributed by atoms with Crippen LogP contribution in [0.3, 0.4) is 0 Å². The number of aromatic nitrogens is 1. The molecule has 0 spiro atoms. The van der Waals surface area contributed by atoms with Crippen LogP contribution in [0.2, 0.25) is 0 Å². The smallest absolute Gasteiger partial charge is 0.0889 e. The van der Waals surface area contributed by atoms with E-state index in [0.29, 0.717) is 11.6 Å². The molecule has 1 heterocycles. The Bertz CT molecular complexity index is 500. The van der Waals surface area contributed by atoms with Gasteiger partial charge in [-0.3, -0.25) is 15.8 Å². The van der Waals surface area contributed by atoms with E-state index in [-0.39, 0.29) is 0 Å². The van der Waals surface area contributed by atoms with Crippen LogP contribution >= 0.6 is 0 Å². The number of pyridine rings is 1. The maximum atomic E-state index is 5.88. The number of nitrogens with two attached hydrogens (primary N) is 2. The fourth-order valence-corrected chi connectivity index (χ4v) is 1.57. The van der Waals surface area contributed by atoms with Gasteiger partial charge in [-0.15, -0.1) is 0 Å². The Morgan fingerprint density at radius 1 is 1.47 bits per heavy atom. The zero-order valence-corrected chi connectivity index (χ0v) is 11.6. The van der Waals surface area contributed by atoms with Crippen LogP contribution < -0.4 is 17.0 Å². The molecule has 0 saturated heterocycles. The molecule has 102 valence electrons. The number of hydrogen-bond donors (Lipinski definition) is 3. The monoisotopic (exact) mass is 259 g/mol. The van der Waals surface area contributed by atoms with Crippen molar-refractivity contribution in [2.45, 2.75) is 20.8 Å². The number of aliphatic imine (C=N–C) groups is 1. The van der Waals surface area contributed by atoms with E-state index in [9.17, 15) is 0 Å². The zero-order valence-electron chi connectivity index (χ0n) is 11.6. The van der Waals surface area contributed by atoms with Crippen LogP contribution in [0, 0.1) is 5.92 Å². The lowest BCUT2D eigenvalue weighted by Crippen LogP contribution is -2.16. The third kappa shape index (κ3) is 4.56. The van der Waals surface area contributed by atoms with E-state index >= 15 is 0 Å². The van der Waals surface area contributed by atoms with Crippen molar-refractivity contribution in [2.24, 2.45) is 22.5 Å². The molecule has 0 atom stereocenters. The van der Waals surface area contributed by atoms with Gasteiger partial charge in [0.05, 0.1) is 17.1 Å². The van der Waals surface area contributed by atoms with Crippen molar-refractivity contribution < 1.29 is 0 Å². The summed E-state index contributed by atoms with van der Waals surface area (Å²) in [6.07, 6.45) is 7.06. The Hall–Kier alpha value is -2.14. The molecule has 5 N–H and O–H groups in total. The molecule has 19 heavy (non-hydrogen) atoms. The van der Waals surface area contributed by atoms with Gasteiger partial charge in [0.15, 0.2) is 0 Å². The molecule has 0 aromatic carbocycles. The average Bonchev–Trinajstić information content (AvgIpc) is 2.38. The number of rotatable bonds is 5. The molecule has 5 heteroatoms. The highest BCUT2D eigenvalue weighted by Gasteiger charge is 2.05. The SMILES string of the molecule is C/C=N\C(=C/C(C)C)c1cc(/C(N)=C/NN)ccn1. The lowest BCUT2D eigenvalue weighted by atomic mass is 10.1. The minimum atomic E-state index is 0.391. The zero-order chi connectivity index (χ0) is 14.3. The quantitative estimate of drug-likeness (QED) is 0.428. The number of hydrazine groups is 1. The molecule has 0 aliphatic heterocycles. The van der Waals surface area contributed by atoms with Gasteiger partial charge in [0.2, 0.25) is 0 Å². The van der Waals surface area contributed by atoms with Gasteiger partial charge >= 0.3 is 0 Å². The van der Waals surface area contributed by atoms with Gasteiger partial charge < -0.3 is 11.2 Å². The average molecular weight is 259 g/mol. The number of nitrogens with one attached hydrogen (secondary N) is 1. The molecule has 0 aliphatic rings. The van der Waals surface area contributed by atoms with Gasteiger partial charge in [0, 0.05) is 24.2 Å². The molecule has 1 aromatic heterocycles. The summed E-state index contributed by atoms with van der Waals surface area (Å²) in [5, 5.41) is 0. The molecule has 0 aliphatic carbocycles. The Morgan fingerprint density at radius 3 is 2.79 bits per heavy atom. The van der Waals surface area contributed by atoms with Crippen LogP contribution in [0.5, 0.6) is 0 Å². The Balaban J connectivity index is 3.19. The summed E-state index contributed by atoms with van der Waals surface area (Å²) in [4.78, 5) is 8.69. The van der Waals surface area contributed by atoms with Crippen molar-refractivity contribution in [3.63, 3.8) is 0 Å². The summed E-state index contributed by atoms with van der Waals surface area (Å²) in [5.41, 5.74) is 11.3. The van der Waals surface area contributed by atoms with E-state index < -0.39 is 0 Å². The van der Waals surface area contributed by atoms with E-state index in [4.69, 9.17) is 11.6 Å². The molecule has 0 saturated carbocycles. The molecule has 1 rings (SSSR count). The topological polar surface area (TPSA) is 89.3 Å². The van der Waals surface area contributed by atoms with Crippen molar-refractivity contribution in [3.8, 4) is 0 Å². The highest BCUT2D eigenvalue weighted by Crippen LogP contribution is 2.19. The van der Waals surface area contributed by atoms with Crippen LogP contribution in [0.1, 0.15) is 32.0 Å².